The number of hydrogen-bond acceptors (Lipinski definition) is 4. The molecule has 7 heteroatoms. The molecule has 2 aromatic carbocycles. The number of nitro groups is 1. The van der Waals surface area contributed by atoms with Gasteiger partial charge in [0.05, 0.1) is 11.0 Å². The van der Waals surface area contributed by atoms with E-state index >= 15 is 0 Å². The molecule has 5 nitrogen and oxygen atoms in total. The molecule has 0 atom stereocenters. The maximum absolute atomic E-state index is 13.0. The Hall–Kier alpha value is -2.15. The maximum atomic E-state index is 13.0. The second kappa shape index (κ2) is 7.03. The van der Waals surface area contributed by atoms with Crippen molar-refractivity contribution >= 4 is 21.6 Å². The van der Waals surface area contributed by atoms with Gasteiger partial charge in [-0.05, 0) is 36.4 Å². The summed E-state index contributed by atoms with van der Waals surface area (Å²) in [4.78, 5) is 10.1. The number of rotatable bonds is 6. The van der Waals surface area contributed by atoms with E-state index in [0.717, 1.165) is 16.6 Å². The third-order valence-corrected chi connectivity index (χ3v) is 3.07. The summed E-state index contributed by atoms with van der Waals surface area (Å²) in [6.45, 7) is 0.332. The molecule has 2 aromatic rings. The van der Waals surface area contributed by atoms with E-state index in [1.807, 2.05) is 12.1 Å². The Labute approximate surface area is 128 Å². The predicted octanol–water partition coefficient (Wildman–Crippen LogP) is 3.95. The monoisotopic (exact) mass is 355 g/mol. The van der Waals surface area contributed by atoms with Crippen LogP contribution >= 0.6 is 15.9 Å². The number of ether oxygens (including phenoxy) is 2. The number of nitrogens with zero attached hydrogens (tertiary/aromatic N) is 1. The number of nitro benzene ring substituents is 1. The molecule has 0 fully saturated rings. The highest BCUT2D eigenvalue weighted by atomic mass is 79.9. The van der Waals surface area contributed by atoms with Gasteiger partial charge in [0.15, 0.2) is 5.75 Å². The van der Waals surface area contributed by atoms with E-state index < -0.39 is 16.4 Å². The van der Waals surface area contributed by atoms with Gasteiger partial charge < -0.3 is 9.47 Å². The summed E-state index contributed by atoms with van der Waals surface area (Å²) in [7, 11) is 0. The van der Waals surface area contributed by atoms with E-state index in [1.165, 1.54) is 6.07 Å². The molecule has 0 saturated carbocycles. The van der Waals surface area contributed by atoms with Crippen molar-refractivity contribution in [1.29, 1.82) is 0 Å². The van der Waals surface area contributed by atoms with Crippen LogP contribution in [0.15, 0.2) is 46.9 Å². The van der Waals surface area contributed by atoms with Gasteiger partial charge in [-0.15, -0.1) is 0 Å². The summed E-state index contributed by atoms with van der Waals surface area (Å²) in [6, 6.07) is 10.4. The smallest absolute Gasteiger partial charge is 0.313 e. The highest BCUT2D eigenvalue weighted by Crippen LogP contribution is 2.27. The Morgan fingerprint density at radius 1 is 1.10 bits per heavy atom. The molecule has 0 saturated heterocycles. The van der Waals surface area contributed by atoms with Crippen molar-refractivity contribution in [2.75, 3.05) is 13.2 Å². The fourth-order valence-corrected chi connectivity index (χ4v) is 1.86. The van der Waals surface area contributed by atoms with Gasteiger partial charge in [-0.3, -0.25) is 10.1 Å². The lowest BCUT2D eigenvalue weighted by Crippen LogP contribution is -2.10. The van der Waals surface area contributed by atoms with Crippen LogP contribution in [-0.2, 0) is 0 Å². The molecule has 0 aliphatic heterocycles. The van der Waals surface area contributed by atoms with Gasteiger partial charge >= 0.3 is 5.69 Å². The van der Waals surface area contributed by atoms with Crippen molar-refractivity contribution in [3.8, 4) is 11.5 Å². The summed E-state index contributed by atoms with van der Waals surface area (Å²) < 4.78 is 24.6. The fourth-order valence-electron chi connectivity index (χ4n) is 1.60. The van der Waals surface area contributed by atoms with Gasteiger partial charge in [-0.1, -0.05) is 15.9 Å². The van der Waals surface area contributed by atoms with Gasteiger partial charge in [0.2, 0.25) is 0 Å². The zero-order chi connectivity index (χ0) is 15.2. The Bertz CT molecular complexity index is 633. The van der Waals surface area contributed by atoms with Crippen molar-refractivity contribution in [3.63, 3.8) is 0 Å². The minimum atomic E-state index is -0.687. The SMILES string of the molecule is O=[N+]([O-])c1cc(F)ccc1OCCOc1ccc(Br)cc1. The lowest BCUT2D eigenvalue weighted by atomic mass is 10.3. The van der Waals surface area contributed by atoms with Crippen LogP contribution in [0.25, 0.3) is 0 Å². The molecule has 21 heavy (non-hydrogen) atoms. The average Bonchev–Trinajstić information content (AvgIpc) is 2.46. The lowest BCUT2D eigenvalue weighted by molar-refractivity contribution is -0.386. The Morgan fingerprint density at radius 2 is 1.76 bits per heavy atom. The Balaban J connectivity index is 1.89. The molecule has 0 aromatic heterocycles. The minimum Gasteiger partial charge on any atom is -0.490 e. The molecular weight excluding hydrogens is 345 g/mol. The summed E-state index contributed by atoms with van der Waals surface area (Å²) >= 11 is 3.31. The molecule has 0 spiro atoms. The number of hydrogen-bond donors (Lipinski definition) is 0. The minimum absolute atomic E-state index is 0.0146. The van der Waals surface area contributed by atoms with Crippen molar-refractivity contribution in [2.24, 2.45) is 0 Å². The maximum Gasteiger partial charge on any atom is 0.313 e. The molecule has 0 bridgehead atoms. The van der Waals surface area contributed by atoms with E-state index in [4.69, 9.17) is 9.47 Å². The summed E-state index contributed by atoms with van der Waals surface area (Å²) in [5.41, 5.74) is -0.404. The molecule has 0 unspecified atom stereocenters. The molecule has 0 amide bonds. The van der Waals surface area contributed by atoms with Crippen LogP contribution < -0.4 is 9.47 Å². The second-order valence-electron chi connectivity index (χ2n) is 4.02. The molecule has 0 heterocycles. The van der Waals surface area contributed by atoms with Crippen LogP contribution in [-0.4, -0.2) is 18.1 Å². The van der Waals surface area contributed by atoms with Crippen LogP contribution in [0.4, 0.5) is 10.1 Å². The molecule has 0 radical (unpaired) electrons. The molecule has 0 aliphatic rings. The van der Waals surface area contributed by atoms with Crippen LogP contribution in [0.3, 0.4) is 0 Å². The molecular formula is C14H11BrFNO4. The second-order valence-corrected chi connectivity index (χ2v) is 4.94. The van der Waals surface area contributed by atoms with E-state index in [2.05, 4.69) is 15.9 Å². The highest BCUT2D eigenvalue weighted by molar-refractivity contribution is 9.10. The van der Waals surface area contributed by atoms with Gasteiger partial charge in [-0.25, -0.2) is 4.39 Å². The first-order chi connectivity index (χ1) is 10.1. The first kappa shape index (κ1) is 15.2. The third-order valence-electron chi connectivity index (χ3n) is 2.54. The quantitative estimate of drug-likeness (QED) is 0.447. The summed E-state index contributed by atoms with van der Waals surface area (Å²) in [5, 5.41) is 10.8. The molecule has 110 valence electrons. The van der Waals surface area contributed by atoms with Gasteiger partial charge in [-0.2, -0.15) is 0 Å². The van der Waals surface area contributed by atoms with Gasteiger partial charge in [0.25, 0.3) is 0 Å². The van der Waals surface area contributed by atoms with E-state index in [0.29, 0.717) is 5.75 Å². The van der Waals surface area contributed by atoms with Crippen molar-refractivity contribution < 1.29 is 18.8 Å². The van der Waals surface area contributed by atoms with E-state index in [-0.39, 0.29) is 19.0 Å². The number of benzene rings is 2. The van der Waals surface area contributed by atoms with Crippen molar-refractivity contribution in [1.82, 2.24) is 0 Å². The van der Waals surface area contributed by atoms with E-state index in [9.17, 15) is 14.5 Å². The van der Waals surface area contributed by atoms with Gasteiger partial charge in [0.1, 0.15) is 24.8 Å². The average molecular weight is 356 g/mol. The van der Waals surface area contributed by atoms with Gasteiger partial charge in [0, 0.05) is 4.47 Å². The summed E-state index contributed by atoms with van der Waals surface area (Å²) in [6.07, 6.45) is 0. The zero-order valence-electron chi connectivity index (χ0n) is 10.8. The zero-order valence-corrected chi connectivity index (χ0v) is 12.4. The predicted molar refractivity (Wildman–Crippen MR) is 78.2 cm³/mol. The standard InChI is InChI=1S/C14H11BrFNO4/c15-10-1-4-12(5-2-10)20-7-8-21-14-6-3-11(16)9-13(14)17(18)19/h1-6,9H,7-8H2. The first-order valence-electron chi connectivity index (χ1n) is 6.01. The van der Waals surface area contributed by atoms with Crippen LogP contribution in [0.2, 0.25) is 0 Å². The lowest BCUT2D eigenvalue weighted by Gasteiger charge is -2.08. The van der Waals surface area contributed by atoms with Crippen LogP contribution in [0.5, 0.6) is 11.5 Å². The number of halogens is 2. The fraction of sp³-hybridized carbons (Fsp3) is 0.143. The van der Waals surface area contributed by atoms with E-state index in [1.54, 1.807) is 12.1 Å². The Kier molecular flexibility index (Phi) is 5.10. The van der Waals surface area contributed by atoms with Crippen LogP contribution in [0, 0.1) is 15.9 Å². The largest absolute Gasteiger partial charge is 0.490 e. The molecule has 0 N–H and O–H groups in total. The normalized spacial score (nSPS) is 10.2. The van der Waals surface area contributed by atoms with Crippen molar-refractivity contribution in [2.45, 2.75) is 0 Å². The molecule has 2 rings (SSSR count). The third kappa shape index (κ3) is 4.42. The first-order valence-corrected chi connectivity index (χ1v) is 6.80. The Morgan fingerprint density at radius 3 is 2.43 bits per heavy atom. The summed E-state index contributed by atoms with van der Waals surface area (Å²) in [5.74, 6) is -0.00336. The molecule has 0 aliphatic carbocycles. The van der Waals surface area contributed by atoms with Crippen LogP contribution in [0.1, 0.15) is 0 Å². The topological polar surface area (TPSA) is 61.6 Å². The highest BCUT2D eigenvalue weighted by Gasteiger charge is 2.16. The van der Waals surface area contributed by atoms with Crippen molar-refractivity contribution in [3.05, 3.63) is 62.9 Å².